The van der Waals surface area contributed by atoms with Gasteiger partial charge in [0.2, 0.25) is 0 Å². The van der Waals surface area contributed by atoms with Gasteiger partial charge in [0.15, 0.2) is 5.82 Å². The second-order valence-corrected chi connectivity index (χ2v) is 6.83. The number of imide groups is 2. The van der Waals surface area contributed by atoms with Crippen molar-refractivity contribution in [3.8, 4) is 5.69 Å². The Balaban J connectivity index is 1.51. The van der Waals surface area contributed by atoms with Crippen LogP contribution in [-0.2, 0) is 22.6 Å². The number of thiophene rings is 1. The van der Waals surface area contributed by atoms with Crippen molar-refractivity contribution in [3.05, 3.63) is 58.5 Å². The summed E-state index contributed by atoms with van der Waals surface area (Å²) in [4.78, 5) is 40.0. The van der Waals surface area contributed by atoms with Gasteiger partial charge in [-0.3, -0.25) is 14.5 Å². The maximum atomic E-state index is 12.6. The van der Waals surface area contributed by atoms with Crippen LogP contribution in [0.2, 0.25) is 0 Å². The summed E-state index contributed by atoms with van der Waals surface area (Å²) in [5, 5.41) is 13.3. The molecule has 10 heteroatoms. The molecule has 0 spiro atoms. The molecule has 4 amide bonds. The third kappa shape index (κ3) is 3.22. The smallest absolute Gasteiger partial charge is 0.263 e. The first-order valence-corrected chi connectivity index (χ1v) is 9.05. The van der Waals surface area contributed by atoms with E-state index in [0.717, 1.165) is 14.7 Å². The molecule has 3 heterocycles. The number of urea groups is 1. The van der Waals surface area contributed by atoms with E-state index >= 15 is 0 Å². The van der Waals surface area contributed by atoms with Crippen LogP contribution in [-0.4, -0.2) is 54.4 Å². The Morgan fingerprint density at radius 3 is 2.44 bits per heavy atom. The highest BCUT2D eigenvalue weighted by Gasteiger charge is 2.44. The standard InChI is InChI=1S/C17H14N6O3S/c24-15-16(25)22(17(26)21(15)9-8-13-7-4-10-27-13)11-14-18-19-20-23(14)12-5-2-1-3-6-12/h1-7,10H,8-9,11H2. The Hall–Kier alpha value is -3.40. The van der Waals surface area contributed by atoms with E-state index in [4.69, 9.17) is 0 Å². The molecule has 27 heavy (non-hydrogen) atoms. The Morgan fingerprint density at radius 2 is 1.70 bits per heavy atom. The minimum absolute atomic E-state index is 0.157. The van der Waals surface area contributed by atoms with Crippen LogP contribution in [0.3, 0.4) is 0 Å². The fraction of sp³-hybridized carbons (Fsp3) is 0.176. The molecule has 1 aliphatic heterocycles. The van der Waals surface area contributed by atoms with Gasteiger partial charge >= 0.3 is 17.8 Å². The van der Waals surface area contributed by atoms with Gasteiger partial charge in [-0.15, -0.1) is 16.4 Å². The summed E-state index contributed by atoms with van der Waals surface area (Å²) in [6.07, 6.45) is 0.512. The van der Waals surface area contributed by atoms with Crippen molar-refractivity contribution < 1.29 is 14.4 Å². The van der Waals surface area contributed by atoms with Gasteiger partial charge in [0.25, 0.3) is 0 Å². The monoisotopic (exact) mass is 382 g/mol. The molecule has 1 aromatic carbocycles. The SMILES string of the molecule is O=C1C(=O)N(Cc2nnnn2-c2ccccc2)C(=O)N1CCc1cccs1. The van der Waals surface area contributed by atoms with Crippen molar-refractivity contribution in [1.29, 1.82) is 0 Å². The molecule has 0 bridgehead atoms. The Morgan fingerprint density at radius 1 is 0.926 bits per heavy atom. The summed E-state index contributed by atoms with van der Waals surface area (Å²) in [7, 11) is 0. The summed E-state index contributed by atoms with van der Waals surface area (Å²) in [6.45, 7) is -0.0230. The lowest BCUT2D eigenvalue weighted by atomic mass is 10.3. The molecule has 0 N–H and O–H groups in total. The molecule has 1 saturated heterocycles. The highest BCUT2D eigenvalue weighted by Crippen LogP contribution is 2.18. The van der Waals surface area contributed by atoms with E-state index in [9.17, 15) is 14.4 Å². The first kappa shape index (κ1) is 17.0. The van der Waals surface area contributed by atoms with E-state index < -0.39 is 17.8 Å². The lowest BCUT2D eigenvalue weighted by Crippen LogP contribution is -2.34. The van der Waals surface area contributed by atoms with E-state index in [-0.39, 0.29) is 18.9 Å². The molecule has 0 aliphatic carbocycles. The summed E-state index contributed by atoms with van der Waals surface area (Å²) < 4.78 is 1.43. The first-order chi connectivity index (χ1) is 13.1. The zero-order chi connectivity index (χ0) is 18.8. The molecule has 1 fully saturated rings. The van der Waals surface area contributed by atoms with Crippen LogP contribution in [0.25, 0.3) is 5.69 Å². The summed E-state index contributed by atoms with van der Waals surface area (Å²) >= 11 is 1.54. The van der Waals surface area contributed by atoms with Crippen LogP contribution in [0.1, 0.15) is 10.7 Å². The van der Waals surface area contributed by atoms with Gasteiger partial charge in [0.05, 0.1) is 12.2 Å². The molecule has 4 rings (SSSR count). The Bertz CT molecular complexity index is 985. The van der Waals surface area contributed by atoms with Crippen LogP contribution < -0.4 is 0 Å². The number of carbonyl (C=O) groups excluding carboxylic acids is 3. The van der Waals surface area contributed by atoms with Gasteiger partial charge in [0, 0.05) is 17.8 Å². The average Bonchev–Trinajstić information content (AvgIpc) is 3.41. The topological polar surface area (TPSA) is 101 Å². The minimum atomic E-state index is -0.867. The normalized spacial score (nSPS) is 14.4. The molecule has 0 atom stereocenters. The van der Waals surface area contributed by atoms with Gasteiger partial charge in [-0.2, -0.15) is 4.68 Å². The zero-order valence-corrected chi connectivity index (χ0v) is 14.9. The second kappa shape index (κ2) is 7.08. The molecule has 0 saturated carbocycles. The van der Waals surface area contributed by atoms with E-state index in [2.05, 4.69) is 15.5 Å². The number of benzene rings is 1. The van der Waals surface area contributed by atoms with Crippen LogP contribution in [0, 0.1) is 0 Å². The van der Waals surface area contributed by atoms with Gasteiger partial charge in [-0.1, -0.05) is 24.3 Å². The number of hydrogen-bond donors (Lipinski definition) is 0. The van der Waals surface area contributed by atoms with Crippen molar-refractivity contribution in [3.63, 3.8) is 0 Å². The van der Waals surface area contributed by atoms with Gasteiger partial charge < -0.3 is 0 Å². The lowest BCUT2D eigenvalue weighted by molar-refractivity contribution is -0.143. The molecule has 1 aliphatic rings. The van der Waals surface area contributed by atoms with Crippen molar-refractivity contribution >= 4 is 29.2 Å². The fourth-order valence-corrected chi connectivity index (χ4v) is 3.48. The fourth-order valence-electron chi connectivity index (χ4n) is 2.78. The highest BCUT2D eigenvalue weighted by molar-refractivity contribution is 7.09. The number of para-hydroxylation sites is 1. The third-order valence-corrected chi connectivity index (χ3v) is 5.07. The van der Waals surface area contributed by atoms with E-state index in [1.165, 1.54) is 16.0 Å². The summed E-state index contributed by atoms with van der Waals surface area (Å²) in [6, 6.07) is 12.3. The molecule has 2 aromatic heterocycles. The molecular formula is C17H14N6O3S. The Labute approximate surface area is 157 Å². The van der Waals surface area contributed by atoms with Crippen molar-refractivity contribution in [2.24, 2.45) is 0 Å². The summed E-state index contributed by atoms with van der Waals surface area (Å²) in [5.41, 5.74) is 0.692. The predicted octanol–water partition coefficient (Wildman–Crippen LogP) is 1.26. The van der Waals surface area contributed by atoms with Gasteiger partial charge in [-0.05, 0) is 34.0 Å². The van der Waals surface area contributed by atoms with E-state index in [1.807, 2.05) is 35.7 Å². The maximum absolute atomic E-state index is 12.6. The number of nitrogens with zero attached hydrogens (tertiary/aromatic N) is 6. The van der Waals surface area contributed by atoms with Crippen LogP contribution >= 0.6 is 11.3 Å². The molecule has 9 nitrogen and oxygen atoms in total. The van der Waals surface area contributed by atoms with Crippen molar-refractivity contribution in [2.75, 3.05) is 6.54 Å². The molecule has 136 valence electrons. The number of tetrazole rings is 1. The predicted molar refractivity (Wildman–Crippen MR) is 94.8 cm³/mol. The zero-order valence-electron chi connectivity index (χ0n) is 14.1. The number of rotatable bonds is 6. The lowest BCUT2D eigenvalue weighted by Gasteiger charge is -2.14. The van der Waals surface area contributed by atoms with Crippen LogP contribution in [0.4, 0.5) is 4.79 Å². The minimum Gasteiger partial charge on any atom is -0.263 e. The first-order valence-electron chi connectivity index (χ1n) is 8.17. The molecule has 3 aromatic rings. The average molecular weight is 382 g/mol. The second-order valence-electron chi connectivity index (χ2n) is 5.80. The van der Waals surface area contributed by atoms with Gasteiger partial charge in [-0.25, -0.2) is 9.69 Å². The number of amides is 4. The van der Waals surface area contributed by atoms with Crippen molar-refractivity contribution in [2.45, 2.75) is 13.0 Å². The van der Waals surface area contributed by atoms with E-state index in [1.54, 1.807) is 12.1 Å². The van der Waals surface area contributed by atoms with Crippen molar-refractivity contribution in [1.82, 2.24) is 30.0 Å². The largest absolute Gasteiger partial charge is 0.334 e. The quantitative estimate of drug-likeness (QED) is 0.470. The summed E-state index contributed by atoms with van der Waals surface area (Å²) in [5.74, 6) is -1.40. The molecule has 0 unspecified atom stereocenters. The molecular weight excluding hydrogens is 368 g/mol. The van der Waals surface area contributed by atoms with Crippen LogP contribution in [0.15, 0.2) is 47.8 Å². The maximum Gasteiger partial charge on any atom is 0.334 e. The van der Waals surface area contributed by atoms with Gasteiger partial charge in [0.1, 0.15) is 0 Å². The number of aromatic nitrogens is 4. The number of hydrogen-bond acceptors (Lipinski definition) is 7. The Kier molecular flexibility index (Phi) is 4.47. The molecule has 0 radical (unpaired) electrons. The number of carbonyl (C=O) groups is 3. The third-order valence-electron chi connectivity index (χ3n) is 4.13. The van der Waals surface area contributed by atoms with E-state index in [0.29, 0.717) is 12.1 Å². The van der Waals surface area contributed by atoms with Crippen LogP contribution in [0.5, 0.6) is 0 Å². The highest BCUT2D eigenvalue weighted by atomic mass is 32.1.